The van der Waals surface area contributed by atoms with Crippen molar-refractivity contribution < 1.29 is 4.74 Å². The predicted octanol–water partition coefficient (Wildman–Crippen LogP) is 1.76. The Morgan fingerprint density at radius 1 is 1.33 bits per heavy atom. The second-order valence-corrected chi connectivity index (χ2v) is 5.65. The highest BCUT2D eigenvalue weighted by atomic mass is 16.5. The molecule has 1 aliphatic rings. The summed E-state index contributed by atoms with van der Waals surface area (Å²) in [5.41, 5.74) is 0.981. The Bertz CT molecular complexity index is 554. The quantitative estimate of drug-likeness (QED) is 0.857. The van der Waals surface area contributed by atoms with E-state index in [4.69, 9.17) is 4.74 Å². The lowest BCUT2D eigenvalue weighted by atomic mass is 9.93. The van der Waals surface area contributed by atoms with Crippen LogP contribution in [0.15, 0.2) is 30.9 Å². The molecule has 0 aliphatic carbocycles. The van der Waals surface area contributed by atoms with Crippen molar-refractivity contribution in [3.8, 4) is 5.88 Å². The molecule has 6 heteroatoms. The van der Waals surface area contributed by atoms with Crippen LogP contribution in [-0.2, 0) is 6.54 Å². The van der Waals surface area contributed by atoms with Gasteiger partial charge in [-0.05, 0) is 24.9 Å². The number of piperidine rings is 1. The van der Waals surface area contributed by atoms with Crippen LogP contribution in [0, 0.1) is 5.92 Å². The summed E-state index contributed by atoms with van der Waals surface area (Å²) < 4.78 is 7.26. The van der Waals surface area contributed by atoms with Crippen molar-refractivity contribution in [2.75, 3.05) is 20.2 Å². The van der Waals surface area contributed by atoms with Gasteiger partial charge in [0.1, 0.15) is 0 Å². The molecule has 2 aromatic heterocycles. The zero-order valence-electron chi connectivity index (χ0n) is 12.5. The number of ether oxygens (including phenoxy) is 1. The molecule has 21 heavy (non-hydrogen) atoms. The lowest BCUT2D eigenvalue weighted by Crippen LogP contribution is -2.40. The largest absolute Gasteiger partial charge is 0.480 e. The topological polar surface area (TPSA) is 56.1 Å². The summed E-state index contributed by atoms with van der Waals surface area (Å²) in [5.74, 6) is 1.22. The fourth-order valence-electron chi connectivity index (χ4n) is 2.88. The number of likely N-dealkylation sites (tertiary alicyclic amines) is 1. The molecule has 2 atom stereocenters. The van der Waals surface area contributed by atoms with Gasteiger partial charge < -0.3 is 9.30 Å². The summed E-state index contributed by atoms with van der Waals surface area (Å²) in [4.78, 5) is 6.60. The molecule has 0 N–H and O–H groups in total. The van der Waals surface area contributed by atoms with E-state index in [-0.39, 0.29) is 0 Å². The van der Waals surface area contributed by atoms with Crippen LogP contribution >= 0.6 is 0 Å². The average molecular weight is 287 g/mol. The van der Waals surface area contributed by atoms with Crippen LogP contribution in [0.5, 0.6) is 5.88 Å². The second kappa shape index (κ2) is 6.22. The first-order valence-corrected chi connectivity index (χ1v) is 7.32. The molecule has 0 bridgehead atoms. The first-order chi connectivity index (χ1) is 10.3. The van der Waals surface area contributed by atoms with Crippen LogP contribution in [0.25, 0.3) is 0 Å². The minimum absolute atomic E-state index is 0.479. The Kier molecular flexibility index (Phi) is 4.15. The van der Waals surface area contributed by atoms with E-state index in [0.717, 1.165) is 25.3 Å². The van der Waals surface area contributed by atoms with Crippen LogP contribution < -0.4 is 4.74 Å². The van der Waals surface area contributed by atoms with Gasteiger partial charge in [0.2, 0.25) is 5.88 Å². The maximum absolute atomic E-state index is 5.04. The van der Waals surface area contributed by atoms with Crippen molar-refractivity contribution in [1.82, 2.24) is 24.6 Å². The van der Waals surface area contributed by atoms with Crippen LogP contribution in [0.2, 0.25) is 0 Å². The van der Waals surface area contributed by atoms with Crippen molar-refractivity contribution >= 4 is 0 Å². The standard InChI is InChI=1S/C15H21N5O/c1-12-5-7-19(10-14(12)20-8-6-16-11-20)9-13-3-4-15(21-2)18-17-13/h3-4,6,8,11-12,14H,5,7,9-10H2,1-2H3. The van der Waals surface area contributed by atoms with E-state index in [1.165, 1.54) is 6.42 Å². The molecule has 1 aliphatic heterocycles. The predicted molar refractivity (Wildman–Crippen MR) is 78.9 cm³/mol. The third-order valence-corrected chi connectivity index (χ3v) is 4.20. The zero-order valence-corrected chi connectivity index (χ0v) is 12.5. The number of nitrogens with zero attached hydrogens (tertiary/aromatic N) is 5. The fraction of sp³-hybridized carbons (Fsp3) is 0.533. The molecule has 0 spiro atoms. The fourth-order valence-corrected chi connectivity index (χ4v) is 2.88. The van der Waals surface area contributed by atoms with Gasteiger partial charge in [0, 0.05) is 37.6 Å². The van der Waals surface area contributed by atoms with E-state index >= 15 is 0 Å². The van der Waals surface area contributed by atoms with Gasteiger partial charge in [0.15, 0.2) is 0 Å². The first kappa shape index (κ1) is 14.0. The Labute approximate surface area is 124 Å². The minimum atomic E-state index is 0.479. The lowest BCUT2D eigenvalue weighted by Gasteiger charge is -2.37. The van der Waals surface area contributed by atoms with E-state index in [9.17, 15) is 0 Å². The Morgan fingerprint density at radius 2 is 2.24 bits per heavy atom. The van der Waals surface area contributed by atoms with Gasteiger partial charge in [-0.1, -0.05) is 6.92 Å². The molecule has 0 amide bonds. The zero-order chi connectivity index (χ0) is 14.7. The molecule has 0 aromatic carbocycles. The number of methoxy groups -OCH3 is 1. The van der Waals surface area contributed by atoms with Gasteiger partial charge >= 0.3 is 0 Å². The Hall–Kier alpha value is -1.95. The van der Waals surface area contributed by atoms with E-state index in [1.807, 2.05) is 24.7 Å². The van der Waals surface area contributed by atoms with E-state index < -0.39 is 0 Å². The number of imidazole rings is 1. The van der Waals surface area contributed by atoms with E-state index in [2.05, 4.69) is 37.8 Å². The number of aromatic nitrogens is 4. The van der Waals surface area contributed by atoms with Gasteiger partial charge in [0.25, 0.3) is 0 Å². The van der Waals surface area contributed by atoms with Crippen molar-refractivity contribution in [2.45, 2.75) is 25.9 Å². The monoisotopic (exact) mass is 287 g/mol. The molecular formula is C15H21N5O. The van der Waals surface area contributed by atoms with Crippen LogP contribution in [0.1, 0.15) is 25.1 Å². The molecule has 1 saturated heterocycles. The summed E-state index contributed by atoms with van der Waals surface area (Å²) in [5, 5.41) is 8.25. The van der Waals surface area contributed by atoms with Crippen LogP contribution in [0.4, 0.5) is 0 Å². The highest BCUT2D eigenvalue weighted by molar-refractivity contribution is 5.11. The molecular weight excluding hydrogens is 266 g/mol. The van der Waals surface area contributed by atoms with E-state index in [1.54, 1.807) is 7.11 Å². The normalized spacial score (nSPS) is 23.1. The third-order valence-electron chi connectivity index (χ3n) is 4.20. The molecule has 2 unspecified atom stereocenters. The number of hydrogen-bond acceptors (Lipinski definition) is 5. The van der Waals surface area contributed by atoms with Crippen LogP contribution in [-0.4, -0.2) is 44.8 Å². The highest BCUT2D eigenvalue weighted by Crippen LogP contribution is 2.28. The van der Waals surface area contributed by atoms with Gasteiger partial charge in [-0.25, -0.2) is 4.98 Å². The van der Waals surface area contributed by atoms with Crippen molar-refractivity contribution in [2.24, 2.45) is 5.92 Å². The molecule has 0 radical (unpaired) electrons. The molecule has 1 fully saturated rings. The molecule has 3 heterocycles. The number of rotatable bonds is 4. The summed E-state index contributed by atoms with van der Waals surface area (Å²) in [7, 11) is 1.60. The third kappa shape index (κ3) is 3.21. The smallest absolute Gasteiger partial charge is 0.233 e. The summed E-state index contributed by atoms with van der Waals surface area (Å²) >= 11 is 0. The van der Waals surface area contributed by atoms with Crippen LogP contribution in [0.3, 0.4) is 0 Å². The first-order valence-electron chi connectivity index (χ1n) is 7.32. The summed E-state index contributed by atoms with van der Waals surface area (Å²) in [6, 6.07) is 4.32. The molecule has 6 nitrogen and oxygen atoms in total. The van der Waals surface area contributed by atoms with E-state index in [0.29, 0.717) is 17.8 Å². The Morgan fingerprint density at radius 3 is 2.90 bits per heavy atom. The van der Waals surface area contributed by atoms with Gasteiger partial charge in [0.05, 0.1) is 19.1 Å². The van der Waals surface area contributed by atoms with Gasteiger partial charge in [-0.3, -0.25) is 4.90 Å². The molecule has 2 aromatic rings. The Balaban J connectivity index is 1.65. The summed E-state index contributed by atoms with van der Waals surface area (Å²) in [6.45, 7) is 5.26. The van der Waals surface area contributed by atoms with Gasteiger partial charge in [-0.2, -0.15) is 5.10 Å². The minimum Gasteiger partial charge on any atom is -0.480 e. The molecule has 3 rings (SSSR count). The number of hydrogen-bond donors (Lipinski definition) is 0. The molecule has 0 saturated carbocycles. The maximum atomic E-state index is 5.04. The van der Waals surface area contributed by atoms with Crippen molar-refractivity contribution in [3.63, 3.8) is 0 Å². The SMILES string of the molecule is COc1ccc(CN2CCC(C)C(n3ccnc3)C2)nn1. The van der Waals surface area contributed by atoms with Gasteiger partial charge in [-0.15, -0.1) is 5.10 Å². The van der Waals surface area contributed by atoms with Crippen molar-refractivity contribution in [1.29, 1.82) is 0 Å². The highest BCUT2D eigenvalue weighted by Gasteiger charge is 2.27. The second-order valence-electron chi connectivity index (χ2n) is 5.65. The lowest BCUT2D eigenvalue weighted by molar-refractivity contribution is 0.125. The maximum Gasteiger partial charge on any atom is 0.233 e. The molecule has 112 valence electrons. The summed E-state index contributed by atoms with van der Waals surface area (Å²) in [6.07, 6.45) is 7.00. The van der Waals surface area contributed by atoms with Crippen molar-refractivity contribution in [3.05, 3.63) is 36.5 Å². The average Bonchev–Trinajstić information content (AvgIpc) is 3.04.